The number of hydrogen-bond donors (Lipinski definition) is 0. The van der Waals surface area contributed by atoms with E-state index in [4.69, 9.17) is 8.83 Å². The highest BCUT2D eigenvalue weighted by Gasteiger charge is 2.25. The highest BCUT2D eigenvalue weighted by Crippen LogP contribution is 2.49. The topological polar surface area (TPSA) is 34.5 Å². The van der Waals surface area contributed by atoms with Crippen molar-refractivity contribution >= 4 is 82.7 Å². The standard InChI is InChI=1S/C61H40N2O2/c1-39-38-42(40-16-3-2-4-17-40)32-36-52(39)62(43-33-30-41(31-34-43)44-23-15-24-49-48-21-8-13-28-57(48)64-60(44)49)56-37-35-50(61-59(56)51-22-9-14-29-58(51)65-61)47-20-7-12-27-55(47)63-53-25-10-5-18-45(53)46-19-6-11-26-54(46)63/h2-38H,1H3. The number of aryl methyl sites for hydroxylation is 1. The van der Waals surface area contributed by atoms with E-state index in [1.54, 1.807) is 0 Å². The lowest BCUT2D eigenvalue weighted by molar-refractivity contribution is 0.669. The predicted molar refractivity (Wildman–Crippen MR) is 271 cm³/mol. The summed E-state index contributed by atoms with van der Waals surface area (Å²) in [7, 11) is 0. The lowest BCUT2D eigenvalue weighted by atomic mass is 9.97. The number of rotatable bonds is 7. The Labute approximate surface area is 375 Å². The van der Waals surface area contributed by atoms with Gasteiger partial charge in [0, 0.05) is 55.0 Å². The Balaban J connectivity index is 1.03. The molecule has 0 saturated heterocycles. The second-order valence-corrected chi connectivity index (χ2v) is 16.9. The van der Waals surface area contributed by atoms with E-state index in [1.165, 1.54) is 32.9 Å². The van der Waals surface area contributed by atoms with Crippen LogP contribution < -0.4 is 4.90 Å². The Kier molecular flexibility index (Phi) is 8.40. The van der Waals surface area contributed by atoms with Crippen LogP contribution in [0.2, 0.25) is 0 Å². The maximum atomic E-state index is 7.05. The fraction of sp³-hybridized carbons (Fsp3) is 0.0164. The maximum Gasteiger partial charge on any atom is 0.145 e. The third kappa shape index (κ3) is 5.85. The number of aromatic nitrogens is 1. The summed E-state index contributed by atoms with van der Waals surface area (Å²) >= 11 is 0. The van der Waals surface area contributed by atoms with Crippen molar-refractivity contribution in [2.75, 3.05) is 4.90 Å². The summed E-state index contributed by atoms with van der Waals surface area (Å²) in [6, 6.07) is 80.1. The predicted octanol–water partition coefficient (Wildman–Crippen LogP) is 17.4. The first-order chi connectivity index (χ1) is 32.2. The zero-order valence-electron chi connectivity index (χ0n) is 35.6. The van der Waals surface area contributed by atoms with Crippen molar-refractivity contribution in [1.82, 2.24) is 4.57 Å². The molecule has 0 unspecified atom stereocenters. The maximum absolute atomic E-state index is 7.05. The number of furan rings is 2. The van der Waals surface area contributed by atoms with E-state index in [1.807, 2.05) is 12.1 Å². The Bertz CT molecular complexity index is 3910. The molecule has 0 bridgehead atoms. The number of fused-ring (bicyclic) bond motifs is 9. The molecule has 0 radical (unpaired) electrons. The summed E-state index contributed by atoms with van der Waals surface area (Å²) in [5.41, 5.74) is 17.9. The first-order valence-corrected chi connectivity index (χ1v) is 22.2. The van der Waals surface area contributed by atoms with Gasteiger partial charge in [0.2, 0.25) is 0 Å². The van der Waals surface area contributed by atoms with Crippen LogP contribution in [0.5, 0.6) is 0 Å². The van der Waals surface area contributed by atoms with Gasteiger partial charge in [-0.1, -0.05) is 158 Å². The van der Waals surface area contributed by atoms with E-state index in [0.29, 0.717) is 0 Å². The molecular weight excluding hydrogens is 793 g/mol. The monoisotopic (exact) mass is 832 g/mol. The van der Waals surface area contributed by atoms with Gasteiger partial charge in [0.1, 0.15) is 22.3 Å². The second-order valence-electron chi connectivity index (χ2n) is 16.9. The first kappa shape index (κ1) is 37.0. The van der Waals surface area contributed by atoms with Crippen molar-refractivity contribution in [3.63, 3.8) is 0 Å². The van der Waals surface area contributed by atoms with E-state index in [2.05, 4.69) is 229 Å². The number of hydrogen-bond acceptors (Lipinski definition) is 3. The smallest absolute Gasteiger partial charge is 0.145 e. The van der Waals surface area contributed by atoms with Gasteiger partial charge in [-0.3, -0.25) is 0 Å². The molecule has 0 aliphatic rings. The molecule has 0 aliphatic heterocycles. The molecule has 0 spiro atoms. The Morgan fingerprint density at radius 1 is 0.369 bits per heavy atom. The summed E-state index contributed by atoms with van der Waals surface area (Å²) in [5.74, 6) is 0. The van der Waals surface area contributed by atoms with E-state index in [-0.39, 0.29) is 0 Å². The van der Waals surface area contributed by atoms with E-state index >= 15 is 0 Å². The average molecular weight is 833 g/mol. The molecule has 13 rings (SSSR count). The molecule has 4 nitrogen and oxygen atoms in total. The van der Waals surface area contributed by atoms with Crippen molar-refractivity contribution in [2.45, 2.75) is 6.92 Å². The molecule has 3 heterocycles. The molecule has 0 amide bonds. The Hall–Kier alpha value is -8.60. The molecule has 0 atom stereocenters. The molecule has 306 valence electrons. The zero-order chi connectivity index (χ0) is 43.0. The summed E-state index contributed by atoms with van der Waals surface area (Å²) < 4.78 is 16.0. The van der Waals surface area contributed by atoms with Crippen molar-refractivity contribution in [1.29, 1.82) is 0 Å². The van der Waals surface area contributed by atoms with Gasteiger partial charge in [0.15, 0.2) is 0 Å². The zero-order valence-corrected chi connectivity index (χ0v) is 35.6. The third-order valence-electron chi connectivity index (χ3n) is 13.1. The minimum Gasteiger partial charge on any atom is -0.455 e. The van der Waals surface area contributed by atoms with Crippen LogP contribution in [0.25, 0.3) is 105 Å². The van der Waals surface area contributed by atoms with Crippen LogP contribution >= 0.6 is 0 Å². The van der Waals surface area contributed by atoms with Crippen LogP contribution in [0.1, 0.15) is 5.56 Å². The number of anilines is 3. The fourth-order valence-corrected chi connectivity index (χ4v) is 10.2. The third-order valence-corrected chi connectivity index (χ3v) is 13.1. The molecule has 0 saturated carbocycles. The molecule has 0 N–H and O–H groups in total. The highest BCUT2D eigenvalue weighted by atomic mass is 16.3. The van der Waals surface area contributed by atoms with Gasteiger partial charge >= 0.3 is 0 Å². The van der Waals surface area contributed by atoms with E-state index in [0.717, 1.165) is 94.4 Å². The molecule has 13 aromatic rings. The van der Waals surface area contributed by atoms with Crippen molar-refractivity contribution in [3.05, 3.63) is 230 Å². The first-order valence-electron chi connectivity index (χ1n) is 22.2. The van der Waals surface area contributed by atoms with Gasteiger partial charge < -0.3 is 18.3 Å². The average Bonchev–Trinajstić information content (AvgIpc) is 4.05. The number of nitrogens with zero attached hydrogens (tertiary/aromatic N) is 2. The lowest BCUT2D eigenvalue weighted by Crippen LogP contribution is -2.12. The van der Waals surface area contributed by atoms with Crippen molar-refractivity contribution in [3.8, 4) is 39.1 Å². The van der Waals surface area contributed by atoms with Gasteiger partial charge in [0.05, 0.1) is 27.8 Å². The summed E-state index contributed by atoms with van der Waals surface area (Å²) in [6.45, 7) is 2.21. The van der Waals surface area contributed by atoms with Crippen molar-refractivity contribution < 1.29 is 8.83 Å². The van der Waals surface area contributed by atoms with Gasteiger partial charge in [-0.15, -0.1) is 0 Å². The molecule has 0 aliphatic carbocycles. The fourth-order valence-electron chi connectivity index (χ4n) is 10.2. The van der Waals surface area contributed by atoms with Gasteiger partial charge in [0.25, 0.3) is 0 Å². The largest absolute Gasteiger partial charge is 0.455 e. The van der Waals surface area contributed by atoms with Crippen LogP contribution in [-0.2, 0) is 0 Å². The van der Waals surface area contributed by atoms with Crippen LogP contribution in [0.3, 0.4) is 0 Å². The lowest BCUT2D eigenvalue weighted by Gasteiger charge is -2.29. The molecule has 65 heavy (non-hydrogen) atoms. The Morgan fingerprint density at radius 2 is 0.938 bits per heavy atom. The quantitative estimate of drug-likeness (QED) is 0.160. The minimum atomic E-state index is 0.841. The van der Waals surface area contributed by atoms with Gasteiger partial charge in [-0.2, -0.15) is 0 Å². The summed E-state index contributed by atoms with van der Waals surface area (Å²) in [5, 5.41) is 6.81. The second kappa shape index (κ2) is 14.8. The van der Waals surface area contributed by atoms with Crippen LogP contribution in [0.15, 0.2) is 233 Å². The minimum absolute atomic E-state index is 0.841. The number of benzene rings is 10. The molecule has 4 heteroatoms. The Morgan fingerprint density at radius 3 is 1.69 bits per heavy atom. The highest BCUT2D eigenvalue weighted by molar-refractivity contribution is 6.18. The molecule has 0 fully saturated rings. The van der Waals surface area contributed by atoms with Crippen LogP contribution in [0.4, 0.5) is 17.1 Å². The van der Waals surface area contributed by atoms with E-state index < -0.39 is 0 Å². The van der Waals surface area contributed by atoms with E-state index in [9.17, 15) is 0 Å². The van der Waals surface area contributed by atoms with Crippen LogP contribution in [0, 0.1) is 6.92 Å². The van der Waals surface area contributed by atoms with Crippen molar-refractivity contribution in [2.24, 2.45) is 0 Å². The SMILES string of the molecule is Cc1cc(-c2ccccc2)ccc1N(c1ccc(-c2cccc3c2oc2ccccc23)cc1)c1ccc(-c2ccccc2-n2c3ccccc3c3ccccc32)c2oc3ccccc3c12. The molecule has 3 aromatic heterocycles. The van der Waals surface area contributed by atoms with Gasteiger partial charge in [-0.05, 0) is 95.9 Å². The molecule has 10 aromatic carbocycles. The summed E-state index contributed by atoms with van der Waals surface area (Å²) in [6.07, 6.45) is 0. The van der Waals surface area contributed by atoms with Gasteiger partial charge in [-0.25, -0.2) is 0 Å². The van der Waals surface area contributed by atoms with Crippen LogP contribution in [-0.4, -0.2) is 4.57 Å². The molecular formula is C61H40N2O2. The normalized spacial score (nSPS) is 11.8. The summed E-state index contributed by atoms with van der Waals surface area (Å²) in [4.78, 5) is 2.41. The number of para-hydroxylation sites is 6.